The van der Waals surface area contributed by atoms with Gasteiger partial charge < -0.3 is 0 Å². The molecule has 9 heteroatoms. The SMILES string of the molecule is C=CCN(C(=O)CCCN(C)S(=O)(=O)c1cccs1)c1nc(-c2ccccc2)cs1. The van der Waals surface area contributed by atoms with Gasteiger partial charge in [-0.15, -0.1) is 29.3 Å². The van der Waals surface area contributed by atoms with Crippen molar-refractivity contribution in [3.8, 4) is 11.3 Å². The molecule has 0 aliphatic carbocycles. The third kappa shape index (κ3) is 5.23. The van der Waals surface area contributed by atoms with E-state index in [4.69, 9.17) is 0 Å². The van der Waals surface area contributed by atoms with Crippen molar-refractivity contribution in [2.75, 3.05) is 25.0 Å². The third-order valence-corrected chi connectivity index (χ3v) is 8.52. The van der Waals surface area contributed by atoms with Gasteiger partial charge in [-0.3, -0.25) is 9.69 Å². The van der Waals surface area contributed by atoms with Gasteiger partial charge in [0.1, 0.15) is 4.21 Å². The zero-order valence-corrected chi connectivity index (χ0v) is 19.0. The van der Waals surface area contributed by atoms with Crippen LogP contribution < -0.4 is 4.90 Å². The molecule has 6 nitrogen and oxygen atoms in total. The van der Waals surface area contributed by atoms with Gasteiger partial charge in [-0.2, -0.15) is 0 Å². The number of thiazole rings is 1. The summed E-state index contributed by atoms with van der Waals surface area (Å²) in [5.41, 5.74) is 1.81. The summed E-state index contributed by atoms with van der Waals surface area (Å²) in [7, 11) is -1.97. The highest BCUT2D eigenvalue weighted by Gasteiger charge is 2.23. The van der Waals surface area contributed by atoms with Gasteiger partial charge in [0.05, 0.1) is 5.69 Å². The van der Waals surface area contributed by atoms with Crippen LogP contribution in [0, 0.1) is 0 Å². The number of carbonyl (C=O) groups is 1. The van der Waals surface area contributed by atoms with Gasteiger partial charge in [-0.1, -0.05) is 42.5 Å². The molecule has 3 aromatic rings. The first kappa shape index (κ1) is 22.4. The standard InChI is InChI=1S/C21H23N3O3S3/c1-3-13-24(21-22-18(16-29-21)17-9-5-4-6-10-17)19(25)11-7-14-23(2)30(26,27)20-12-8-15-28-20/h3-6,8-10,12,15-16H,1,7,11,13-14H2,2H3. The van der Waals surface area contributed by atoms with E-state index in [9.17, 15) is 13.2 Å². The highest BCUT2D eigenvalue weighted by molar-refractivity contribution is 7.91. The Labute approximate surface area is 185 Å². The molecule has 0 aliphatic rings. The number of hydrogen-bond acceptors (Lipinski definition) is 6. The van der Waals surface area contributed by atoms with E-state index >= 15 is 0 Å². The number of hydrogen-bond donors (Lipinski definition) is 0. The lowest BCUT2D eigenvalue weighted by atomic mass is 10.2. The minimum Gasteiger partial charge on any atom is -0.284 e. The van der Waals surface area contributed by atoms with Gasteiger partial charge in [0.15, 0.2) is 5.13 Å². The summed E-state index contributed by atoms with van der Waals surface area (Å²) in [6, 6.07) is 13.1. The fourth-order valence-corrected chi connectivity index (χ4v) is 6.09. The number of amides is 1. The molecule has 0 N–H and O–H groups in total. The molecule has 1 amide bonds. The van der Waals surface area contributed by atoms with E-state index in [1.807, 2.05) is 35.7 Å². The summed E-state index contributed by atoms with van der Waals surface area (Å²) in [6.07, 6.45) is 2.30. The minimum absolute atomic E-state index is 0.106. The number of aromatic nitrogens is 1. The Morgan fingerprint density at radius 3 is 2.60 bits per heavy atom. The van der Waals surface area contributed by atoms with Crippen molar-refractivity contribution >= 4 is 43.7 Å². The van der Waals surface area contributed by atoms with Crippen LogP contribution in [0.2, 0.25) is 0 Å². The van der Waals surface area contributed by atoms with E-state index in [1.54, 1.807) is 28.5 Å². The Hall–Kier alpha value is -2.33. The van der Waals surface area contributed by atoms with Gasteiger partial charge in [-0.25, -0.2) is 17.7 Å². The van der Waals surface area contributed by atoms with E-state index in [2.05, 4.69) is 11.6 Å². The number of anilines is 1. The summed E-state index contributed by atoms with van der Waals surface area (Å²) in [5, 5.41) is 4.27. The predicted octanol–water partition coefficient (Wildman–Crippen LogP) is 4.49. The maximum absolute atomic E-state index is 12.8. The lowest BCUT2D eigenvalue weighted by Crippen LogP contribution is -2.32. The summed E-state index contributed by atoms with van der Waals surface area (Å²) < 4.78 is 26.6. The van der Waals surface area contributed by atoms with Crippen LogP contribution in [0.3, 0.4) is 0 Å². The molecule has 0 radical (unpaired) electrons. The topological polar surface area (TPSA) is 70.6 Å². The average Bonchev–Trinajstić information content (AvgIpc) is 3.45. The summed E-state index contributed by atoms with van der Waals surface area (Å²) in [6.45, 7) is 4.36. The number of thiophene rings is 1. The third-order valence-electron chi connectivity index (χ3n) is 4.43. The Morgan fingerprint density at radius 1 is 1.17 bits per heavy atom. The maximum Gasteiger partial charge on any atom is 0.252 e. The highest BCUT2D eigenvalue weighted by atomic mass is 32.2. The molecule has 0 aliphatic heterocycles. The molecule has 0 fully saturated rings. The first-order chi connectivity index (χ1) is 14.4. The van der Waals surface area contributed by atoms with Crippen LogP contribution in [0.4, 0.5) is 5.13 Å². The van der Waals surface area contributed by atoms with Crippen LogP contribution in [0.5, 0.6) is 0 Å². The fourth-order valence-electron chi connectivity index (χ4n) is 2.82. The van der Waals surface area contributed by atoms with Crippen molar-refractivity contribution in [2.24, 2.45) is 0 Å². The lowest BCUT2D eigenvalue weighted by molar-refractivity contribution is -0.118. The van der Waals surface area contributed by atoms with Crippen LogP contribution in [0.1, 0.15) is 12.8 Å². The average molecular weight is 462 g/mol. The predicted molar refractivity (Wildman–Crippen MR) is 123 cm³/mol. The molecule has 0 bridgehead atoms. The van der Waals surface area contributed by atoms with E-state index in [-0.39, 0.29) is 18.9 Å². The van der Waals surface area contributed by atoms with Gasteiger partial charge in [0.2, 0.25) is 5.91 Å². The summed E-state index contributed by atoms with van der Waals surface area (Å²) in [4.78, 5) is 19.0. The summed E-state index contributed by atoms with van der Waals surface area (Å²) in [5.74, 6) is -0.106. The summed E-state index contributed by atoms with van der Waals surface area (Å²) >= 11 is 2.59. The zero-order valence-electron chi connectivity index (χ0n) is 16.6. The van der Waals surface area contributed by atoms with Gasteiger partial charge >= 0.3 is 0 Å². The molecule has 0 saturated carbocycles. The molecule has 0 unspecified atom stereocenters. The Morgan fingerprint density at radius 2 is 1.93 bits per heavy atom. The van der Waals surface area contributed by atoms with Crippen LogP contribution in [-0.2, 0) is 14.8 Å². The molecule has 3 rings (SSSR count). The molecular formula is C21H23N3O3S3. The number of sulfonamides is 1. The zero-order chi connectivity index (χ0) is 21.6. The van der Waals surface area contributed by atoms with Crippen molar-refractivity contribution in [3.05, 3.63) is 65.9 Å². The van der Waals surface area contributed by atoms with E-state index < -0.39 is 10.0 Å². The number of rotatable bonds is 10. The Balaban J connectivity index is 1.62. The van der Waals surface area contributed by atoms with Gasteiger partial charge in [0, 0.05) is 37.5 Å². The molecule has 1 aromatic carbocycles. The largest absolute Gasteiger partial charge is 0.284 e. The number of nitrogens with zero attached hydrogens (tertiary/aromatic N) is 3. The van der Waals surface area contributed by atoms with Crippen LogP contribution in [0.25, 0.3) is 11.3 Å². The molecular weight excluding hydrogens is 438 g/mol. The first-order valence-electron chi connectivity index (χ1n) is 9.35. The van der Waals surface area contributed by atoms with E-state index in [0.29, 0.717) is 22.3 Å². The molecule has 2 heterocycles. The molecule has 30 heavy (non-hydrogen) atoms. The van der Waals surface area contributed by atoms with Gasteiger partial charge in [-0.05, 0) is 17.9 Å². The smallest absolute Gasteiger partial charge is 0.252 e. The second kappa shape index (κ2) is 10.1. The second-order valence-corrected chi connectivity index (χ2v) is 10.6. The van der Waals surface area contributed by atoms with Crippen molar-refractivity contribution in [2.45, 2.75) is 17.1 Å². The molecule has 0 atom stereocenters. The fraction of sp³-hybridized carbons (Fsp3) is 0.238. The highest BCUT2D eigenvalue weighted by Crippen LogP contribution is 2.28. The Bertz CT molecular complexity index is 1080. The molecule has 2 aromatic heterocycles. The normalized spacial score (nSPS) is 11.5. The first-order valence-corrected chi connectivity index (χ1v) is 12.6. The van der Waals surface area contributed by atoms with Crippen molar-refractivity contribution in [1.82, 2.24) is 9.29 Å². The van der Waals surface area contributed by atoms with Crippen molar-refractivity contribution in [1.29, 1.82) is 0 Å². The molecule has 0 spiro atoms. The quantitative estimate of drug-likeness (QED) is 0.417. The monoisotopic (exact) mass is 461 g/mol. The van der Waals surface area contributed by atoms with Crippen molar-refractivity contribution < 1.29 is 13.2 Å². The van der Waals surface area contributed by atoms with Crippen LogP contribution in [-0.4, -0.2) is 43.8 Å². The Kier molecular flexibility index (Phi) is 7.54. The van der Waals surface area contributed by atoms with Crippen LogP contribution in [0.15, 0.2) is 70.1 Å². The lowest BCUT2D eigenvalue weighted by Gasteiger charge is -2.19. The van der Waals surface area contributed by atoms with Crippen molar-refractivity contribution in [3.63, 3.8) is 0 Å². The molecule has 0 saturated heterocycles. The van der Waals surface area contributed by atoms with Crippen LogP contribution >= 0.6 is 22.7 Å². The minimum atomic E-state index is -3.50. The second-order valence-electron chi connectivity index (χ2n) is 6.54. The van der Waals surface area contributed by atoms with E-state index in [0.717, 1.165) is 11.3 Å². The molecule has 158 valence electrons. The van der Waals surface area contributed by atoms with E-state index in [1.165, 1.54) is 34.0 Å². The van der Waals surface area contributed by atoms with Gasteiger partial charge in [0.25, 0.3) is 10.0 Å². The number of benzene rings is 1. The number of carbonyl (C=O) groups excluding carboxylic acids is 1. The maximum atomic E-state index is 12.8.